The highest BCUT2D eigenvalue weighted by atomic mass is 19.4. The molecule has 0 bridgehead atoms. The van der Waals surface area contributed by atoms with Crippen LogP contribution in [0.5, 0.6) is 0 Å². The summed E-state index contributed by atoms with van der Waals surface area (Å²) in [6.45, 7) is -0.0506. The smallest absolute Gasteiger partial charge is 0.417 e. The van der Waals surface area contributed by atoms with Gasteiger partial charge in [-0.3, -0.25) is 9.69 Å². The number of esters is 1. The van der Waals surface area contributed by atoms with Crippen LogP contribution < -0.4 is 0 Å². The molecule has 7 heteroatoms. The Morgan fingerprint density at radius 1 is 1.53 bits per heavy atom. The van der Waals surface area contributed by atoms with Crippen molar-refractivity contribution in [2.24, 2.45) is 5.92 Å². The zero-order valence-corrected chi connectivity index (χ0v) is 10.6. The summed E-state index contributed by atoms with van der Waals surface area (Å²) in [7, 11) is 2.17. The number of likely N-dealkylation sites (tertiary alicyclic amines) is 1. The number of hydrogen-bond acceptors (Lipinski definition) is 4. The second kappa shape index (κ2) is 4.33. The first-order chi connectivity index (χ1) is 8.72. The van der Waals surface area contributed by atoms with Gasteiger partial charge in [0.2, 0.25) is 5.54 Å². The molecule has 106 valence electrons. The fraction of sp³-hybridized carbons (Fsp3) is 0.667. The van der Waals surface area contributed by atoms with Gasteiger partial charge in [-0.15, -0.1) is 0 Å². The number of piperidine rings is 1. The third-order valence-electron chi connectivity index (χ3n) is 3.92. The number of fused-ring (bicyclic) bond motifs is 1. The van der Waals surface area contributed by atoms with E-state index in [0.29, 0.717) is 5.57 Å². The number of carbonyl (C=O) groups is 2. The predicted molar refractivity (Wildman–Crippen MR) is 59.2 cm³/mol. The van der Waals surface area contributed by atoms with E-state index in [1.54, 1.807) is 0 Å². The number of alkyl halides is 3. The number of halogens is 3. The Kier molecular flexibility index (Phi) is 3.20. The highest BCUT2D eigenvalue weighted by molar-refractivity contribution is 5.94. The number of likely N-dealkylation sites (N-methyl/N-ethyl adjacent to an activating group) is 1. The lowest BCUT2D eigenvalue weighted by molar-refractivity contribution is -0.243. The Morgan fingerprint density at radius 3 is 2.68 bits per heavy atom. The van der Waals surface area contributed by atoms with E-state index in [4.69, 9.17) is 0 Å². The van der Waals surface area contributed by atoms with Crippen LogP contribution in [0, 0.1) is 5.92 Å². The SMILES string of the molecule is COC(=O)[C@@]1(C(F)(F)F)C[C@@H]2CC(=O)C=C2CN1C. The first-order valence-electron chi connectivity index (χ1n) is 5.82. The molecule has 2 aliphatic rings. The van der Waals surface area contributed by atoms with Crippen LogP contribution in [0.4, 0.5) is 13.2 Å². The molecule has 0 aromatic heterocycles. The summed E-state index contributed by atoms with van der Waals surface area (Å²) in [5.74, 6) is -2.03. The van der Waals surface area contributed by atoms with Crippen molar-refractivity contribution in [3.63, 3.8) is 0 Å². The molecule has 1 heterocycles. The van der Waals surface area contributed by atoms with Crippen molar-refractivity contribution < 1.29 is 27.5 Å². The number of methoxy groups -OCH3 is 1. The summed E-state index contributed by atoms with van der Waals surface area (Å²) in [6.07, 6.45) is -3.78. The molecule has 0 amide bonds. The highest BCUT2D eigenvalue weighted by Gasteiger charge is 2.66. The van der Waals surface area contributed by atoms with Gasteiger partial charge in [-0.2, -0.15) is 13.2 Å². The molecule has 2 atom stereocenters. The van der Waals surface area contributed by atoms with Crippen molar-refractivity contribution in [2.75, 3.05) is 20.7 Å². The van der Waals surface area contributed by atoms with Crippen LogP contribution in [-0.2, 0) is 14.3 Å². The van der Waals surface area contributed by atoms with Crippen LogP contribution in [0.15, 0.2) is 11.6 Å². The lowest BCUT2D eigenvalue weighted by Crippen LogP contribution is -2.66. The number of allylic oxidation sites excluding steroid dienone is 1. The lowest BCUT2D eigenvalue weighted by Gasteiger charge is -2.46. The van der Waals surface area contributed by atoms with Crippen LogP contribution in [0.2, 0.25) is 0 Å². The van der Waals surface area contributed by atoms with Gasteiger partial charge >= 0.3 is 12.1 Å². The molecule has 0 saturated carbocycles. The average molecular weight is 277 g/mol. The van der Waals surface area contributed by atoms with Gasteiger partial charge in [0, 0.05) is 13.0 Å². The Hall–Kier alpha value is -1.37. The third kappa shape index (κ3) is 1.96. The number of nitrogens with zero attached hydrogens (tertiary/aromatic N) is 1. The monoisotopic (exact) mass is 277 g/mol. The minimum atomic E-state index is -4.74. The highest BCUT2D eigenvalue weighted by Crippen LogP contribution is 2.47. The van der Waals surface area contributed by atoms with Crippen LogP contribution in [-0.4, -0.2) is 49.1 Å². The summed E-state index contributed by atoms with van der Waals surface area (Å²) in [4.78, 5) is 24.0. The van der Waals surface area contributed by atoms with E-state index in [1.807, 2.05) is 0 Å². The number of ketones is 1. The van der Waals surface area contributed by atoms with Crippen molar-refractivity contribution in [3.05, 3.63) is 11.6 Å². The Morgan fingerprint density at radius 2 is 2.16 bits per heavy atom. The van der Waals surface area contributed by atoms with Gasteiger partial charge in [-0.1, -0.05) is 0 Å². The van der Waals surface area contributed by atoms with Crippen LogP contribution in [0.1, 0.15) is 12.8 Å². The second-order valence-electron chi connectivity index (χ2n) is 5.00. The van der Waals surface area contributed by atoms with Crippen molar-refractivity contribution in [1.29, 1.82) is 0 Å². The fourth-order valence-corrected chi connectivity index (χ4v) is 2.91. The van der Waals surface area contributed by atoms with Gasteiger partial charge in [-0.05, 0) is 31.0 Å². The number of hydrogen-bond donors (Lipinski definition) is 0. The van der Waals surface area contributed by atoms with Crippen molar-refractivity contribution >= 4 is 11.8 Å². The lowest BCUT2D eigenvalue weighted by atomic mass is 9.78. The van der Waals surface area contributed by atoms with Crippen molar-refractivity contribution in [2.45, 2.75) is 24.6 Å². The normalized spacial score (nSPS) is 31.9. The quantitative estimate of drug-likeness (QED) is 0.678. The number of ether oxygens (including phenoxy) is 1. The van der Waals surface area contributed by atoms with Crippen LogP contribution in [0.3, 0.4) is 0 Å². The molecule has 1 saturated heterocycles. The summed E-state index contributed by atoms with van der Waals surface area (Å²) >= 11 is 0. The molecular formula is C12H14F3NO3. The molecule has 1 aliphatic carbocycles. The van der Waals surface area contributed by atoms with E-state index in [1.165, 1.54) is 13.1 Å². The Labute approximate surface area is 108 Å². The van der Waals surface area contributed by atoms with Gasteiger partial charge in [-0.25, -0.2) is 4.79 Å². The second-order valence-corrected chi connectivity index (χ2v) is 5.00. The maximum absolute atomic E-state index is 13.4. The van der Waals surface area contributed by atoms with Crippen LogP contribution >= 0.6 is 0 Å². The van der Waals surface area contributed by atoms with Gasteiger partial charge in [0.15, 0.2) is 5.78 Å². The minimum absolute atomic E-state index is 0.0397. The molecule has 1 fully saturated rings. The first-order valence-corrected chi connectivity index (χ1v) is 5.82. The van der Waals surface area contributed by atoms with Crippen molar-refractivity contribution in [1.82, 2.24) is 4.90 Å². The molecule has 0 radical (unpaired) electrons. The van der Waals surface area contributed by atoms with Crippen molar-refractivity contribution in [3.8, 4) is 0 Å². The molecule has 0 aromatic carbocycles. The standard InChI is InChI=1S/C12H14F3NO3/c1-16-6-8-4-9(17)3-7(8)5-11(16,10(18)19-2)12(13,14)15/h4,7H,3,5-6H2,1-2H3/t7-,11+/m0/s1. The predicted octanol–water partition coefficient (Wildman–Crippen LogP) is 1.31. The molecule has 4 nitrogen and oxygen atoms in total. The third-order valence-corrected chi connectivity index (χ3v) is 3.92. The largest absolute Gasteiger partial charge is 0.467 e. The molecule has 0 aromatic rings. The maximum Gasteiger partial charge on any atom is 0.417 e. The van der Waals surface area contributed by atoms with Gasteiger partial charge in [0.05, 0.1) is 7.11 Å². The summed E-state index contributed by atoms with van der Waals surface area (Å²) in [6, 6.07) is 0. The van der Waals surface area contributed by atoms with E-state index < -0.39 is 30.0 Å². The van der Waals surface area contributed by atoms with E-state index in [-0.39, 0.29) is 18.7 Å². The van der Waals surface area contributed by atoms with E-state index in [0.717, 1.165) is 12.0 Å². The summed E-state index contributed by atoms with van der Waals surface area (Å²) in [5, 5.41) is 0. The Balaban J connectivity index is 2.43. The molecule has 0 unspecified atom stereocenters. The van der Waals surface area contributed by atoms with E-state index in [9.17, 15) is 22.8 Å². The molecule has 19 heavy (non-hydrogen) atoms. The molecule has 0 spiro atoms. The molecular weight excluding hydrogens is 263 g/mol. The molecule has 0 N–H and O–H groups in total. The summed E-state index contributed by atoms with van der Waals surface area (Å²) < 4.78 is 44.5. The maximum atomic E-state index is 13.4. The summed E-state index contributed by atoms with van der Waals surface area (Å²) in [5.41, 5.74) is -2.00. The average Bonchev–Trinajstić information content (AvgIpc) is 2.64. The minimum Gasteiger partial charge on any atom is -0.467 e. The number of carbonyl (C=O) groups excluding carboxylic acids is 2. The molecule has 1 aliphatic heterocycles. The number of rotatable bonds is 1. The van der Waals surface area contributed by atoms with Crippen LogP contribution in [0.25, 0.3) is 0 Å². The Bertz CT molecular complexity index is 458. The van der Waals surface area contributed by atoms with E-state index >= 15 is 0 Å². The fourth-order valence-electron chi connectivity index (χ4n) is 2.91. The van der Waals surface area contributed by atoms with Gasteiger partial charge in [0.25, 0.3) is 0 Å². The molecule has 2 rings (SSSR count). The van der Waals surface area contributed by atoms with E-state index in [2.05, 4.69) is 4.74 Å². The topological polar surface area (TPSA) is 46.6 Å². The van der Waals surface area contributed by atoms with Gasteiger partial charge in [0.1, 0.15) is 0 Å². The van der Waals surface area contributed by atoms with Gasteiger partial charge < -0.3 is 4.74 Å². The zero-order chi connectivity index (χ0) is 14.4. The first kappa shape index (κ1) is 14.0. The zero-order valence-electron chi connectivity index (χ0n) is 10.6.